The van der Waals surface area contributed by atoms with Crippen molar-refractivity contribution in [1.29, 1.82) is 0 Å². The lowest BCUT2D eigenvalue weighted by molar-refractivity contribution is -0.0290. The lowest BCUT2D eigenvalue weighted by atomic mass is 9.79. The number of aliphatic hydroxyl groups is 1. The van der Waals surface area contributed by atoms with Gasteiger partial charge in [0, 0.05) is 12.5 Å². The van der Waals surface area contributed by atoms with Crippen molar-refractivity contribution in [3.05, 3.63) is 48.0 Å². The molecule has 0 radical (unpaired) electrons. The minimum absolute atomic E-state index is 0.184. The summed E-state index contributed by atoms with van der Waals surface area (Å²) in [4.78, 5) is 2.13. The van der Waals surface area contributed by atoms with E-state index < -0.39 is 5.60 Å². The van der Waals surface area contributed by atoms with Gasteiger partial charge < -0.3 is 10.0 Å². The molecule has 20 heavy (non-hydrogen) atoms. The molecular weight excluding hydrogens is 246 g/mol. The Balaban J connectivity index is 2.42. The zero-order valence-electron chi connectivity index (χ0n) is 12.9. The molecule has 0 aromatic heterocycles. The number of nitrogens with zero attached hydrogens (tertiary/aromatic N) is 1. The van der Waals surface area contributed by atoms with Crippen LogP contribution in [0.4, 0.5) is 0 Å². The standard InChI is InChI=1S/C18H25NO/c1-5-18(20,14(2)13-19(3)4)17-11-10-15-8-6-7-9-16(15)12-17/h6-12,14,20H,5,13H2,1-4H3/t14-,18+/m0/s1. The Morgan fingerprint density at radius 1 is 1.10 bits per heavy atom. The maximum atomic E-state index is 11.1. The zero-order chi connectivity index (χ0) is 14.8. The molecule has 0 fully saturated rings. The quantitative estimate of drug-likeness (QED) is 0.897. The van der Waals surface area contributed by atoms with E-state index in [1.54, 1.807) is 0 Å². The molecule has 0 aliphatic heterocycles. The van der Waals surface area contributed by atoms with Gasteiger partial charge in [0.2, 0.25) is 0 Å². The minimum Gasteiger partial charge on any atom is -0.385 e. The summed E-state index contributed by atoms with van der Waals surface area (Å²) in [7, 11) is 4.10. The van der Waals surface area contributed by atoms with Crippen molar-refractivity contribution in [1.82, 2.24) is 4.90 Å². The molecule has 2 heteroatoms. The normalized spacial score (nSPS) is 16.3. The number of hydrogen-bond donors (Lipinski definition) is 1. The van der Waals surface area contributed by atoms with Gasteiger partial charge in [-0.15, -0.1) is 0 Å². The van der Waals surface area contributed by atoms with E-state index in [-0.39, 0.29) is 5.92 Å². The topological polar surface area (TPSA) is 23.5 Å². The van der Waals surface area contributed by atoms with Gasteiger partial charge in [0.25, 0.3) is 0 Å². The highest BCUT2D eigenvalue weighted by molar-refractivity contribution is 5.83. The molecule has 1 N–H and O–H groups in total. The molecule has 0 saturated heterocycles. The molecule has 0 amide bonds. The average Bonchev–Trinajstić information content (AvgIpc) is 2.45. The highest BCUT2D eigenvalue weighted by atomic mass is 16.3. The molecule has 108 valence electrons. The third-order valence-corrected chi connectivity index (χ3v) is 4.24. The fraction of sp³-hybridized carbons (Fsp3) is 0.444. The highest BCUT2D eigenvalue weighted by Gasteiger charge is 2.34. The van der Waals surface area contributed by atoms with Crippen molar-refractivity contribution in [2.24, 2.45) is 5.92 Å². The maximum absolute atomic E-state index is 11.1. The first-order chi connectivity index (χ1) is 9.47. The van der Waals surface area contributed by atoms with Gasteiger partial charge >= 0.3 is 0 Å². The minimum atomic E-state index is -0.770. The Hall–Kier alpha value is -1.38. The van der Waals surface area contributed by atoms with Crippen molar-refractivity contribution >= 4 is 10.8 Å². The van der Waals surface area contributed by atoms with Crippen LogP contribution in [0.15, 0.2) is 42.5 Å². The fourth-order valence-corrected chi connectivity index (χ4v) is 2.99. The Labute approximate surface area is 122 Å². The second kappa shape index (κ2) is 5.94. The van der Waals surface area contributed by atoms with Crippen molar-refractivity contribution in [3.8, 4) is 0 Å². The second-order valence-electron chi connectivity index (χ2n) is 6.00. The molecule has 0 spiro atoms. The summed E-state index contributed by atoms with van der Waals surface area (Å²) in [6.45, 7) is 5.05. The van der Waals surface area contributed by atoms with E-state index in [0.717, 1.165) is 18.5 Å². The van der Waals surface area contributed by atoms with Crippen LogP contribution in [0.25, 0.3) is 10.8 Å². The monoisotopic (exact) mass is 271 g/mol. The molecule has 2 rings (SSSR count). The van der Waals surface area contributed by atoms with Crippen LogP contribution in [0.5, 0.6) is 0 Å². The van der Waals surface area contributed by atoms with Gasteiger partial charge in [0.15, 0.2) is 0 Å². The van der Waals surface area contributed by atoms with E-state index in [9.17, 15) is 5.11 Å². The van der Waals surface area contributed by atoms with Crippen LogP contribution >= 0.6 is 0 Å². The fourth-order valence-electron chi connectivity index (χ4n) is 2.99. The smallest absolute Gasteiger partial charge is 0.0931 e. The van der Waals surface area contributed by atoms with Crippen LogP contribution < -0.4 is 0 Å². The van der Waals surface area contributed by atoms with E-state index in [1.165, 1.54) is 10.8 Å². The second-order valence-corrected chi connectivity index (χ2v) is 6.00. The molecule has 2 nitrogen and oxygen atoms in total. The Kier molecular flexibility index (Phi) is 4.46. The maximum Gasteiger partial charge on any atom is 0.0931 e. The number of hydrogen-bond acceptors (Lipinski definition) is 2. The largest absolute Gasteiger partial charge is 0.385 e. The first kappa shape index (κ1) is 15.0. The Morgan fingerprint density at radius 2 is 1.75 bits per heavy atom. The third kappa shape index (κ3) is 2.87. The van der Waals surface area contributed by atoms with Gasteiger partial charge in [0.1, 0.15) is 0 Å². The van der Waals surface area contributed by atoms with E-state index >= 15 is 0 Å². The highest BCUT2D eigenvalue weighted by Crippen LogP contribution is 2.34. The Morgan fingerprint density at radius 3 is 2.35 bits per heavy atom. The van der Waals surface area contributed by atoms with E-state index in [0.29, 0.717) is 0 Å². The number of fused-ring (bicyclic) bond motifs is 1. The van der Waals surface area contributed by atoms with Crippen LogP contribution in [-0.2, 0) is 5.60 Å². The van der Waals surface area contributed by atoms with Crippen LogP contribution in [-0.4, -0.2) is 30.6 Å². The van der Waals surface area contributed by atoms with Crippen LogP contribution in [0, 0.1) is 5.92 Å². The van der Waals surface area contributed by atoms with Gasteiger partial charge in [-0.05, 0) is 42.9 Å². The summed E-state index contributed by atoms with van der Waals surface area (Å²) < 4.78 is 0. The molecule has 0 aliphatic carbocycles. The third-order valence-electron chi connectivity index (χ3n) is 4.24. The molecule has 0 aliphatic rings. The first-order valence-corrected chi connectivity index (χ1v) is 7.33. The molecule has 2 atom stereocenters. The zero-order valence-corrected chi connectivity index (χ0v) is 12.9. The average molecular weight is 271 g/mol. The van der Waals surface area contributed by atoms with E-state index in [1.807, 2.05) is 26.2 Å². The van der Waals surface area contributed by atoms with Crippen molar-refractivity contribution in [3.63, 3.8) is 0 Å². The molecule has 0 bridgehead atoms. The van der Waals surface area contributed by atoms with Crippen LogP contribution in [0.3, 0.4) is 0 Å². The molecule has 0 saturated carbocycles. The summed E-state index contributed by atoms with van der Waals surface area (Å²) in [5, 5.41) is 13.5. The summed E-state index contributed by atoms with van der Waals surface area (Å²) >= 11 is 0. The predicted molar refractivity (Wildman–Crippen MR) is 85.9 cm³/mol. The van der Waals surface area contributed by atoms with Gasteiger partial charge in [0.05, 0.1) is 5.60 Å². The van der Waals surface area contributed by atoms with E-state index in [4.69, 9.17) is 0 Å². The van der Waals surface area contributed by atoms with Crippen molar-refractivity contribution in [2.45, 2.75) is 25.9 Å². The molecular formula is C18H25NO. The lowest BCUT2D eigenvalue weighted by Crippen LogP contribution is -2.38. The summed E-state index contributed by atoms with van der Waals surface area (Å²) in [6.07, 6.45) is 0.723. The van der Waals surface area contributed by atoms with Crippen LogP contribution in [0.1, 0.15) is 25.8 Å². The SMILES string of the molecule is CC[C@](O)(c1ccc2ccccc2c1)[C@@H](C)CN(C)C. The number of rotatable bonds is 5. The summed E-state index contributed by atoms with van der Waals surface area (Å²) in [6, 6.07) is 14.6. The lowest BCUT2D eigenvalue weighted by Gasteiger charge is -2.35. The van der Waals surface area contributed by atoms with Gasteiger partial charge in [-0.3, -0.25) is 0 Å². The summed E-state index contributed by atoms with van der Waals surface area (Å²) in [5.41, 5.74) is 0.252. The van der Waals surface area contributed by atoms with Crippen molar-refractivity contribution < 1.29 is 5.11 Å². The van der Waals surface area contributed by atoms with Crippen LogP contribution in [0.2, 0.25) is 0 Å². The molecule has 2 aromatic rings. The Bertz CT molecular complexity index is 578. The predicted octanol–water partition coefficient (Wildman–Crippen LogP) is 3.64. The van der Waals surface area contributed by atoms with Crippen molar-refractivity contribution in [2.75, 3.05) is 20.6 Å². The molecule has 0 unspecified atom stereocenters. The number of benzene rings is 2. The molecule has 0 heterocycles. The van der Waals surface area contributed by atoms with E-state index in [2.05, 4.69) is 49.1 Å². The van der Waals surface area contributed by atoms with Gasteiger partial charge in [-0.25, -0.2) is 0 Å². The molecule has 2 aromatic carbocycles. The van der Waals surface area contributed by atoms with Gasteiger partial charge in [-0.2, -0.15) is 0 Å². The summed E-state index contributed by atoms with van der Waals surface area (Å²) in [5.74, 6) is 0.184. The van der Waals surface area contributed by atoms with Gasteiger partial charge in [-0.1, -0.05) is 50.2 Å². The first-order valence-electron chi connectivity index (χ1n) is 7.33.